The quantitative estimate of drug-likeness (QED) is 0.0124. The number of nitrogens with two attached hydrogens (primary N) is 5. The maximum atomic E-state index is 13.2. The lowest BCUT2D eigenvalue weighted by Crippen LogP contribution is -2.54. The Hall–Kier alpha value is -7.61. The molecule has 32 nitrogen and oxygen atoms in total. The van der Waals surface area contributed by atoms with Crippen molar-refractivity contribution in [1.29, 1.82) is 21.6 Å². The van der Waals surface area contributed by atoms with Crippen LogP contribution in [0.3, 0.4) is 0 Å². The van der Waals surface area contributed by atoms with Crippen LogP contribution in [0.5, 0.6) is 0 Å². The van der Waals surface area contributed by atoms with Crippen LogP contribution in [-0.4, -0.2) is 174 Å². The number of nitrogens with one attached hydrogen (secondary N) is 21. The van der Waals surface area contributed by atoms with Crippen molar-refractivity contribution in [1.82, 2.24) is 90.4 Å². The summed E-state index contributed by atoms with van der Waals surface area (Å²) in [6.07, 6.45) is 3.86. The van der Waals surface area contributed by atoms with Crippen molar-refractivity contribution in [2.45, 2.75) is 101 Å². The highest BCUT2D eigenvalue weighted by molar-refractivity contribution is 7.80. The van der Waals surface area contributed by atoms with Crippen LogP contribution in [0.25, 0.3) is 0 Å². The van der Waals surface area contributed by atoms with Gasteiger partial charge >= 0.3 is 36.2 Å². The van der Waals surface area contributed by atoms with Crippen molar-refractivity contribution in [2.75, 3.05) is 72.5 Å². The van der Waals surface area contributed by atoms with Crippen molar-refractivity contribution in [3.63, 3.8) is 0 Å². The van der Waals surface area contributed by atoms with Crippen molar-refractivity contribution < 1.29 is 28.8 Å². The molecular weight excluding hydrogens is 949 g/mol. The van der Waals surface area contributed by atoms with Crippen LogP contribution >= 0.6 is 12.2 Å². The van der Waals surface area contributed by atoms with Crippen LogP contribution in [0, 0.1) is 21.6 Å². The van der Waals surface area contributed by atoms with Gasteiger partial charge in [-0.3, -0.25) is 21.6 Å². The Labute approximate surface area is 419 Å². The Kier molecular flexibility index (Phi) is 34.2. The summed E-state index contributed by atoms with van der Waals surface area (Å²) >= 11 is 5.21. The molecule has 0 heterocycles. The molecule has 31 N–H and O–H groups in total. The number of carbonyl (C=O) groups is 6. The van der Waals surface area contributed by atoms with Crippen molar-refractivity contribution in [2.24, 2.45) is 28.7 Å². The lowest BCUT2D eigenvalue weighted by atomic mass is 10.1. The molecule has 3 unspecified atom stereocenters. The van der Waals surface area contributed by atoms with Crippen LogP contribution in [0.1, 0.15) is 65.2 Å². The van der Waals surface area contributed by atoms with Gasteiger partial charge in [0, 0.05) is 109 Å². The third-order valence-electron chi connectivity index (χ3n) is 9.69. The van der Waals surface area contributed by atoms with E-state index >= 15 is 0 Å². The summed E-state index contributed by atoms with van der Waals surface area (Å²) in [4.78, 5) is 75.7. The molecule has 0 saturated carbocycles. The molecule has 0 aromatic rings. The highest BCUT2D eigenvalue weighted by atomic mass is 32.1. The van der Waals surface area contributed by atoms with Crippen LogP contribution in [0.4, 0.5) is 28.8 Å². The van der Waals surface area contributed by atoms with Crippen LogP contribution in [0.2, 0.25) is 0 Å². The average molecular weight is 1030 g/mol. The molecule has 0 rings (SSSR count). The van der Waals surface area contributed by atoms with E-state index in [1.807, 2.05) is 0 Å². The second-order valence-electron chi connectivity index (χ2n) is 16.3. The zero-order valence-corrected chi connectivity index (χ0v) is 41.8. The van der Waals surface area contributed by atoms with E-state index in [9.17, 15) is 28.8 Å². The molecule has 0 bridgehead atoms. The third-order valence-corrected chi connectivity index (χ3v) is 10.0. The second kappa shape index (κ2) is 38.3. The highest BCUT2D eigenvalue weighted by Gasteiger charge is 2.20. The topological polar surface area (TPSA) is 532 Å². The summed E-state index contributed by atoms with van der Waals surface area (Å²) in [5.74, 6) is -0.778. The molecule has 0 saturated heterocycles. The van der Waals surface area contributed by atoms with Gasteiger partial charge in [-0.2, -0.15) is 0 Å². The van der Waals surface area contributed by atoms with E-state index in [0.717, 1.165) is 0 Å². The summed E-state index contributed by atoms with van der Waals surface area (Å²) in [6.45, 7) is 5.21. The number of primary amides is 1. The Morgan fingerprint density at radius 1 is 0.394 bits per heavy atom. The van der Waals surface area contributed by atoms with Crippen molar-refractivity contribution in [3.8, 4) is 0 Å². The number of thiocarbonyl (C=S) groups is 1. The van der Waals surface area contributed by atoms with Crippen LogP contribution in [-0.2, 0) is 0 Å². The first-order chi connectivity index (χ1) is 33.6. The number of hydrogen-bond acceptors (Lipinski definition) is 11. The number of amides is 12. The maximum absolute atomic E-state index is 13.2. The molecule has 0 aromatic carbocycles. The Bertz CT molecular complexity index is 1700. The number of carbonyl (C=O) groups excluding carboxylic acids is 6. The molecule has 0 fully saturated rings. The molecule has 0 aliphatic rings. The first-order valence-corrected chi connectivity index (χ1v) is 23.5. The molecule has 12 amide bonds. The van der Waals surface area contributed by atoms with E-state index < -0.39 is 66.4 Å². The highest BCUT2D eigenvalue weighted by Crippen LogP contribution is 2.01. The average Bonchev–Trinajstić information content (AvgIpc) is 3.29. The van der Waals surface area contributed by atoms with Gasteiger partial charge in [0.1, 0.15) is 0 Å². The fraction of sp³-hybridized carbons (Fsp3) is 0.711. The van der Waals surface area contributed by atoms with E-state index in [4.69, 9.17) is 62.5 Å². The molecule has 0 aliphatic carbocycles. The standard InChI is InChI=1S/C38H82N26O6S/c1-22(16-54-35(68)61-24(18-53-32(47)65)8-4-12-49-28(39)40)59-33(66)56-19-25(9-5-13-50-29(41)42)63-37(70)58-20-26(10-6-14-51-30(43)44)62-36(69)55-17-23(2)60-34(67)57-21-27(64-38(71)48-3)11-7-15-52-31(45)46/h22-27H,4-21H2,1-3H3,(H4,39,40,49)(H4,41,42,50)(H4,43,44,51)(H4,45,46,52)(H3,47,53,65)(H2,48,64,71)(H2,54,61,68)(H2,55,62,69)(H2,56,59,66)(H2,57,60,67)(H2,58,63,70)/t22?,23-,24-,25-,26?,27?/m0/s1. The van der Waals surface area contributed by atoms with Gasteiger partial charge in [0.25, 0.3) is 0 Å². The molecule has 0 radical (unpaired) electrons. The third kappa shape index (κ3) is 39.0. The number of rotatable bonds is 34. The van der Waals surface area contributed by atoms with Gasteiger partial charge in [0.15, 0.2) is 29.0 Å². The predicted molar refractivity (Wildman–Crippen MR) is 276 cm³/mol. The largest absolute Gasteiger partial charge is 0.370 e. The second-order valence-corrected chi connectivity index (χ2v) is 16.7. The van der Waals surface area contributed by atoms with Gasteiger partial charge in [-0.25, -0.2) is 28.8 Å². The molecule has 33 heteroatoms. The van der Waals surface area contributed by atoms with Gasteiger partial charge in [0.2, 0.25) is 0 Å². The van der Waals surface area contributed by atoms with Gasteiger partial charge in [-0.15, -0.1) is 0 Å². The minimum Gasteiger partial charge on any atom is -0.370 e. The molecule has 0 aliphatic heterocycles. The van der Waals surface area contributed by atoms with E-state index in [0.29, 0.717) is 82.7 Å². The minimum atomic E-state index is -0.759. The molecule has 71 heavy (non-hydrogen) atoms. The lowest BCUT2D eigenvalue weighted by molar-refractivity contribution is 0.224. The van der Waals surface area contributed by atoms with E-state index in [-0.39, 0.29) is 69.1 Å². The summed E-state index contributed by atoms with van der Waals surface area (Å²) < 4.78 is 0. The van der Waals surface area contributed by atoms with E-state index in [1.54, 1.807) is 20.9 Å². The molecule has 6 atom stereocenters. The Balaban J connectivity index is 5.33. The summed E-state index contributed by atoms with van der Waals surface area (Å²) in [5.41, 5.74) is 26.6. The summed E-state index contributed by atoms with van der Waals surface area (Å²) in [5, 5.41) is 76.5. The first kappa shape index (κ1) is 63.4. The Morgan fingerprint density at radius 3 is 0.915 bits per heavy atom. The maximum Gasteiger partial charge on any atom is 0.315 e. The fourth-order valence-electron chi connectivity index (χ4n) is 6.17. The zero-order chi connectivity index (χ0) is 53.6. The zero-order valence-electron chi connectivity index (χ0n) is 40.9. The predicted octanol–water partition coefficient (Wildman–Crippen LogP) is -5.45. The molecule has 0 spiro atoms. The monoisotopic (exact) mass is 1030 g/mol. The normalized spacial score (nSPS) is 12.9. The smallest absolute Gasteiger partial charge is 0.315 e. The van der Waals surface area contributed by atoms with Crippen molar-refractivity contribution >= 4 is 77.4 Å². The molecule has 406 valence electrons. The van der Waals surface area contributed by atoms with E-state index in [2.05, 4.69) is 90.4 Å². The van der Waals surface area contributed by atoms with Gasteiger partial charge in [-0.05, 0) is 77.4 Å². The van der Waals surface area contributed by atoms with E-state index in [1.165, 1.54) is 0 Å². The van der Waals surface area contributed by atoms with Gasteiger partial charge < -0.3 is 119 Å². The van der Waals surface area contributed by atoms with Crippen LogP contribution in [0.15, 0.2) is 0 Å². The Morgan fingerprint density at radius 2 is 0.648 bits per heavy atom. The first-order valence-electron chi connectivity index (χ1n) is 23.1. The van der Waals surface area contributed by atoms with Gasteiger partial charge in [-0.1, -0.05) is 0 Å². The lowest BCUT2D eigenvalue weighted by Gasteiger charge is -2.24. The fourth-order valence-corrected chi connectivity index (χ4v) is 6.34. The number of guanidine groups is 4. The molecule has 0 aromatic heterocycles. The number of urea groups is 6. The number of hydrogen-bond donors (Lipinski definition) is 26. The summed E-state index contributed by atoms with van der Waals surface area (Å²) in [7, 11) is 1.67. The minimum absolute atomic E-state index is 0.0140. The van der Waals surface area contributed by atoms with Crippen molar-refractivity contribution in [3.05, 3.63) is 0 Å². The van der Waals surface area contributed by atoms with Gasteiger partial charge in [0.05, 0.1) is 0 Å². The SMILES string of the molecule is CNC(=S)NC(CCCNC(=N)N)CNC(=O)N[C@@H](C)CNC(=O)NC(CCCNC(=N)N)CNC(=O)N[C@@H](CCCNC(=N)N)CNC(=O)NC(C)CNC(=O)N[C@@H](CCCNC(=N)N)CNC(N)=O. The summed E-state index contributed by atoms with van der Waals surface area (Å²) in [6, 6.07) is -6.48. The van der Waals surface area contributed by atoms with Crippen LogP contribution < -0.4 is 119 Å². The molecular formula is C38H82N26O6S.